The number of ether oxygens (including phenoxy) is 3. The number of nitrogens with zero attached hydrogens (tertiary/aromatic N) is 2. The van der Waals surface area contributed by atoms with Crippen molar-refractivity contribution in [3.05, 3.63) is 18.2 Å². The van der Waals surface area contributed by atoms with E-state index in [1.807, 2.05) is 0 Å². The highest BCUT2D eigenvalue weighted by Crippen LogP contribution is 2.16. The van der Waals surface area contributed by atoms with Gasteiger partial charge in [0.15, 0.2) is 0 Å². The Hall–Kier alpha value is -2.13. The standard InChI is InChI=1S/C51H98N4O5/c1-6-8-10-12-14-16-18-20-22-24-26-28-30-32-34-36-38-55(39-37-35-33-31-29-27-25-23-21-19-17-15-13-11-9-7-2)40-41-58-42-43-59-49(56)48(44-47-45-52-46-53-47)54-50(57)60-51(3,4)5/h45-46,48H,6-44H2,1-5H3,(H,52,53)(H,54,57). The summed E-state index contributed by atoms with van der Waals surface area (Å²) in [6.07, 6.45) is 47.2. The smallest absolute Gasteiger partial charge is 0.408 e. The summed E-state index contributed by atoms with van der Waals surface area (Å²) in [5, 5.41) is 2.66. The molecule has 0 aliphatic rings. The fourth-order valence-corrected chi connectivity index (χ4v) is 7.96. The first-order valence-corrected chi connectivity index (χ1v) is 25.7. The first-order valence-electron chi connectivity index (χ1n) is 25.7. The highest BCUT2D eigenvalue weighted by molar-refractivity contribution is 5.81. The fourth-order valence-electron chi connectivity index (χ4n) is 7.96. The van der Waals surface area contributed by atoms with Gasteiger partial charge < -0.3 is 29.4 Å². The van der Waals surface area contributed by atoms with Crippen LogP contribution >= 0.6 is 0 Å². The van der Waals surface area contributed by atoms with E-state index in [0.29, 0.717) is 13.2 Å². The van der Waals surface area contributed by atoms with Gasteiger partial charge in [0.2, 0.25) is 0 Å². The van der Waals surface area contributed by atoms with Gasteiger partial charge in [-0.15, -0.1) is 0 Å². The van der Waals surface area contributed by atoms with Crippen molar-refractivity contribution in [2.24, 2.45) is 0 Å². The van der Waals surface area contributed by atoms with Gasteiger partial charge in [0, 0.05) is 24.9 Å². The van der Waals surface area contributed by atoms with Gasteiger partial charge in [-0.3, -0.25) is 0 Å². The largest absolute Gasteiger partial charge is 0.462 e. The number of carbonyl (C=O) groups excluding carboxylic acids is 2. The molecule has 9 nitrogen and oxygen atoms in total. The van der Waals surface area contributed by atoms with Gasteiger partial charge in [-0.2, -0.15) is 0 Å². The molecule has 0 spiro atoms. The summed E-state index contributed by atoms with van der Waals surface area (Å²) in [6, 6.07) is -0.893. The van der Waals surface area contributed by atoms with Crippen molar-refractivity contribution >= 4 is 12.1 Å². The van der Waals surface area contributed by atoms with Gasteiger partial charge in [-0.05, 0) is 46.7 Å². The second kappa shape index (κ2) is 40.9. The Labute approximate surface area is 370 Å². The first-order chi connectivity index (χ1) is 29.2. The molecule has 0 radical (unpaired) electrons. The minimum atomic E-state index is -0.893. The molecule has 0 bridgehead atoms. The zero-order chi connectivity index (χ0) is 43.6. The van der Waals surface area contributed by atoms with E-state index in [9.17, 15) is 9.59 Å². The molecule has 0 aromatic carbocycles. The number of imidazole rings is 1. The van der Waals surface area contributed by atoms with Crippen LogP contribution in [0.25, 0.3) is 0 Å². The summed E-state index contributed by atoms with van der Waals surface area (Å²) < 4.78 is 16.9. The van der Waals surface area contributed by atoms with E-state index in [0.717, 1.165) is 25.3 Å². The SMILES string of the molecule is CCCCCCCCCCCCCCCCCCN(CCCCCCCCCCCCCCCCCC)CCOCCOC(=O)C(Cc1cnc[nH]1)NC(=O)OC(C)(C)C. The lowest BCUT2D eigenvalue weighted by atomic mass is 10.0. The molecule has 0 saturated heterocycles. The molecular formula is C51H98N4O5. The predicted molar refractivity (Wildman–Crippen MR) is 253 cm³/mol. The van der Waals surface area contributed by atoms with Crippen LogP contribution in [0.4, 0.5) is 4.79 Å². The quantitative estimate of drug-likeness (QED) is 0.0498. The molecule has 352 valence electrons. The van der Waals surface area contributed by atoms with E-state index < -0.39 is 23.7 Å². The molecule has 60 heavy (non-hydrogen) atoms. The van der Waals surface area contributed by atoms with Gasteiger partial charge in [0.25, 0.3) is 0 Å². The molecule has 1 aromatic rings. The molecule has 1 atom stereocenters. The Bertz CT molecular complexity index is 1030. The molecule has 0 aliphatic carbocycles. The van der Waals surface area contributed by atoms with Gasteiger partial charge in [-0.25, -0.2) is 14.6 Å². The van der Waals surface area contributed by atoms with Crippen LogP contribution in [0.2, 0.25) is 0 Å². The Balaban J connectivity index is 2.32. The Morgan fingerprint density at radius 2 is 0.983 bits per heavy atom. The number of amides is 1. The van der Waals surface area contributed by atoms with Crippen molar-refractivity contribution in [3.63, 3.8) is 0 Å². The van der Waals surface area contributed by atoms with Crippen molar-refractivity contribution in [1.82, 2.24) is 20.2 Å². The summed E-state index contributed by atoms with van der Waals surface area (Å²) in [6.45, 7) is 14.2. The number of unbranched alkanes of at least 4 members (excludes halogenated alkanes) is 30. The lowest BCUT2D eigenvalue weighted by Gasteiger charge is -2.23. The van der Waals surface area contributed by atoms with E-state index in [-0.39, 0.29) is 13.0 Å². The fraction of sp³-hybridized carbons (Fsp3) is 0.902. The number of aromatic amines is 1. The lowest BCUT2D eigenvalue weighted by molar-refractivity contribution is -0.147. The number of H-pyrrole nitrogens is 1. The van der Waals surface area contributed by atoms with Crippen LogP contribution in [-0.2, 0) is 25.4 Å². The molecule has 0 aliphatic heterocycles. The highest BCUT2D eigenvalue weighted by atomic mass is 16.6. The topological polar surface area (TPSA) is 106 Å². The van der Waals surface area contributed by atoms with Crippen LogP contribution in [0.15, 0.2) is 12.5 Å². The van der Waals surface area contributed by atoms with E-state index in [1.165, 1.54) is 205 Å². The van der Waals surface area contributed by atoms with Gasteiger partial charge >= 0.3 is 12.1 Å². The zero-order valence-electron chi connectivity index (χ0n) is 40.2. The van der Waals surface area contributed by atoms with Crippen molar-refractivity contribution in [2.75, 3.05) is 39.5 Å². The van der Waals surface area contributed by atoms with Crippen LogP contribution < -0.4 is 5.32 Å². The number of alkyl carbamates (subject to hydrolysis) is 1. The lowest BCUT2D eigenvalue weighted by Crippen LogP contribution is -2.45. The van der Waals surface area contributed by atoms with Crippen LogP contribution in [0.5, 0.6) is 0 Å². The summed E-state index contributed by atoms with van der Waals surface area (Å²) in [5.74, 6) is -0.521. The molecule has 0 saturated carbocycles. The second-order valence-corrected chi connectivity index (χ2v) is 18.7. The Kier molecular flexibility index (Phi) is 38.1. The summed E-state index contributed by atoms with van der Waals surface area (Å²) in [4.78, 5) is 35.0. The maximum atomic E-state index is 13.0. The van der Waals surface area contributed by atoms with Crippen LogP contribution in [0.3, 0.4) is 0 Å². The molecule has 1 aromatic heterocycles. The predicted octanol–water partition coefficient (Wildman–Crippen LogP) is 14.2. The van der Waals surface area contributed by atoms with E-state index in [2.05, 4.69) is 34.0 Å². The van der Waals surface area contributed by atoms with Crippen LogP contribution in [0.1, 0.15) is 246 Å². The molecule has 0 fully saturated rings. The normalized spacial score (nSPS) is 12.3. The Morgan fingerprint density at radius 1 is 0.583 bits per heavy atom. The number of carbonyl (C=O) groups is 2. The number of hydrogen-bond acceptors (Lipinski definition) is 7. The minimum Gasteiger partial charge on any atom is -0.462 e. The molecule has 2 N–H and O–H groups in total. The third-order valence-electron chi connectivity index (χ3n) is 11.6. The summed E-state index contributed by atoms with van der Waals surface area (Å²) >= 11 is 0. The zero-order valence-corrected chi connectivity index (χ0v) is 40.2. The third kappa shape index (κ3) is 37.6. The minimum absolute atomic E-state index is 0.132. The maximum absolute atomic E-state index is 13.0. The van der Waals surface area contributed by atoms with E-state index in [1.54, 1.807) is 33.3 Å². The number of esters is 1. The molecule has 1 unspecified atom stereocenters. The van der Waals surface area contributed by atoms with Crippen molar-refractivity contribution in [1.29, 1.82) is 0 Å². The molecule has 1 rings (SSSR count). The van der Waals surface area contributed by atoms with E-state index in [4.69, 9.17) is 14.2 Å². The molecule has 9 heteroatoms. The van der Waals surface area contributed by atoms with Crippen LogP contribution in [-0.4, -0.2) is 78.0 Å². The van der Waals surface area contributed by atoms with E-state index >= 15 is 0 Å². The number of nitrogens with one attached hydrogen (secondary N) is 2. The number of aromatic nitrogens is 2. The average molecular weight is 847 g/mol. The Morgan fingerprint density at radius 3 is 1.35 bits per heavy atom. The van der Waals surface area contributed by atoms with Gasteiger partial charge in [0.05, 0.1) is 19.5 Å². The second-order valence-electron chi connectivity index (χ2n) is 18.7. The van der Waals surface area contributed by atoms with Crippen molar-refractivity contribution in [2.45, 2.75) is 258 Å². The molecule has 1 heterocycles. The van der Waals surface area contributed by atoms with Crippen molar-refractivity contribution < 1.29 is 23.8 Å². The molecular weight excluding hydrogens is 749 g/mol. The van der Waals surface area contributed by atoms with Crippen molar-refractivity contribution in [3.8, 4) is 0 Å². The van der Waals surface area contributed by atoms with Crippen LogP contribution in [0, 0.1) is 0 Å². The summed E-state index contributed by atoms with van der Waals surface area (Å²) in [5.41, 5.74) is 0.0460. The maximum Gasteiger partial charge on any atom is 0.408 e. The number of rotatable bonds is 44. The number of hydrogen-bond donors (Lipinski definition) is 2. The third-order valence-corrected chi connectivity index (χ3v) is 11.6. The highest BCUT2D eigenvalue weighted by Gasteiger charge is 2.26. The van der Waals surface area contributed by atoms with Gasteiger partial charge in [-0.1, -0.05) is 206 Å². The summed E-state index contributed by atoms with van der Waals surface area (Å²) in [7, 11) is 0. The monoisotopic (exact) mass is 847 g/mol. The van der Waals surface area contributed by atoms with Gasteiger partial charge in [0.1, 0.15) is 18.2 Å². The first kappa shape index (κ1) is 55.9. The molecule has 1 amide bonds. The average Bonchev–Trinajstić information content (AvgIpc) is 3.73.